The molecular formula is C17H23N3O3. The maximum absolute atomic E-state index is 13.0. The lowest BCUT2D eigenvalue weighted by Crippen LogP contribution is -2.54. The van der Waals surface area contributed by atoms with Crippen molar-refractivity contribution in [3.63, 3.8) is 0 Å². The van der Waals surface area contributed by atoms with Gasteiger partial charge in [-0.25, -0.2) is 0 Å². The van der Waals surface area contributed by atoms with E-state index < -0.39 is 17.3 Å². The van der Waals surface area contributed by atoms with E-state index in [1.165, 1.54) is 0 Å². The zero-order chi connectivity index (χ0) is 16.3. The summed E-state index contributed by atoms with van der Waals surface area (Å²) >= 11 is 0. The summed E-state index contributed by atoms with van der Waals surface area (Å²) in [6.45, 7) is 1.08. The van der Waals surface area contributed by atoms with E-state index in [-0.39, 0.29) is 11.9 Å². The molecular weight excluding hydrogens is 294 g/mol. The first-order chi connectivity index (χ1) is 11.1. The Labute approximate surface area is 135 Å². The summed E-state index contributed by atoms with van der Waals surface area (Å²) in [4.78, 5) is 28.6. The number of rotatable bonds is 4. The molecule has 1 aliphatic carbocycles. The van der Waals surface area contributed by atoms with E-state index in [4.69, 9.17) is 5.11 Å². The third kappa shape index (κ3) is 3.22. The normalized spacial score (nSPS) is 26.6. The fourth-order valence-electron chi connectivity index (χ4n) is 3.79. The van der Waals surface area contributed by atoms with Crippen molar-refractivity contribution >= 4 is 11.9 Å². The van der Waals surface area contributed by atoms with Gasteiger partial charge in [-0.3, -0.25) is 14.6 Å². The molecule has 2 atom stereocenters. The second-order valence-electron chi connectivity index (χ2n) is 6.60. The summed E-state index contributed by atoms with van der Waals surface area (Å²) in [6, 6.07) is 5.55. The number of nitrogens with zero attached hydrogens (tertiary/aromatic N) is 1. The van der Waals surface area contributed by atoms with Crippen molar-refractivity contribution in [3.05, 3.63) is 30.1 Å². The fourth-order valence-corrected chi connectivity index (χ4v) is 3.79. The maximum Gasteiger partial charge on any atom is 0.307 e. The standard InChI is InChI=1S/C17H23N3O3/c21-15(22)12-9-13(11-18-10-12)20-16(23)17(6-2-3-7-17)14-5-1-4-8-19-14/h1,4-5,8,12-13,18H,2-3,6-7,9-11H2,(H,20,23)(H,21,22)/t12-,13+/m1/s1. The number of carbonyl (C=O) groups excluding carboxylic acids is 1. The predicted molar refractivity (Wildman–Crippen MR) is 84.9 cm³/mol. The molecule has 3 rings (SSSR count). The molecule has 1 aliphatic heterocycles. The molecule has 6 nitrogen and oxygen atoms in total. The Morgan fingerprint density at radius 3 is 2.70 bits per heavy atom. The number of carboxylic acid groups (broad SMARTS) is 1. The van der Waals surface area contributed by atoms with E-state index >= 15 is 0 Å². The largest absolute Gasteiger partial charge is 0.481 e. The highest BCUT2D eigenvalue weighted by Crippen LogP contribution is 2.40. The average Bonchev–Trinajstić information content (AvgIpc) is 3.07. The van der Waals surface area contributed by atoms with Crippen LogP contribution in [-0.4, -0.2) is 41.1 Å². The minimum absolute atomic E-state index is 0.00783. The quantitative estimate of drug-likeness (QED) is 0.773. The third-order valence-corrected chi connectivity index (χ3v) is 5.08. The lowest BCUT2D eigenvalue weighted by molar-refractivity contribution is -0.143. The number of piperidine rings is 1. The molecule has 23 heavy (non-hydrogen) atoms. The second kappa shape index (κ2) is 6.66. The number of amides is 1. The number of carboxylic acids is 1. The summed E-state index contributed by atoms with van der Waals surface area (Å²) in [6.07, 6.45) is 5.85. The summed E-state index contributed by atoms with van der Waals surface area (Å²) in [5.74, 6) is -1.26. The van der Waals surface area contributed by atoms with Gasteiger partial charge >= 0.3 is 5.97 Å². The van der Waals surface area contributed by atoms with Crippen molar-refractivity contribution in [2.75, 3.05) is 13.1 Å². The van der Waals surface area contributed by atoms with Gasteiger partial charge in [-0.2, -0.15) is 0 Å². The van der Waals surface area contributed by atoms with Crippen LogP contribution in [0.1, 0.15) is 37.8 Å². The second-order valence-corrected chi connectivity index (χ2v) is 6.60. The van der Waals surface area contributed by atoms with Crippen LogP contribution in [0, 0.1) is 5.92 Å². The first-order valence-electron chi connectivity index (χ1n) is 8.28. The Bertz CT molecular complexity index is 570. The number of aromatic nitrogens is 1. The first-order valence-corrected chi connectivity index (χ1v) is 8.28. The summed E-state index contributed by atoms with van der Waals surface area (Å²) in [5, 5.41) is 15.4. The maximum atomic E-state index is 13.0. The predicted octanol–water partition coefficient (Wildman–Crippen LogP) is 1.07. The van der Waals surface area contributed by atoms with Crippen molar-refractivity contribution in [2.24, 2.45) is 5.92 Å². The zero-order valence-electron chi connectivity index (χ0n) is 13.1. The summed E-state index contributed by atoms with van der Waals surface area (Å²) < 4.78 is 0. The highest BCUT2D eigenvalue weighted by Gasteiger charge is 2.44. The Morgan fingerprint density at radius 1 is 1.26 bits per heavy atom. The number of hydrogen-bond acceptors (Lipinski definition) is 4. The smallest absolute Gasteiger partial charge is 0.307 e. The monoisotopic (exact) mass is 317 g/mol. The van der Waals surface area contributed by atoms with Gasteiger partial charge < -0.3 is 15.7 Å². The fraction of sp³-hybridized carbons (Fsp3) is 0.588. The molecule has 1 aromatic rings. The van der Waals surface area contributed by atoms with Crippen LogP contribution in [0.25, 0.3) is 0 Å². The molecule has 0 radical (unpaired) electrons. The van der Waals surface area contributed by atoms with Crippen LogP contribution in [0.2, 0.25) is 0 Å². The number of pyridine rings is 1. The molecule has 1 saturated heterocycles. The van der Waals surface area contributed by atoms with E-state index in [9.17, 15) is 9.59 Å². The lowest BCUT2D eigenvalue weighted by atomic mass is 9.80. The van der Waals surface area contributed by atoms with Crippen molar-refractivity contribution in [1.29, 1.82) is 0 Å². The Hall–Kier alpha value is -1.95. The van der Waals surface area contributed by atoms with Gasteiger partial charge in [0.1, 0.15) is 0 Å². The van der Waals surface area contributed by atoms with Gasteiger partial charge in [0.2, 0.25) is 5.91 Å². The first kappa shape index (κ1) is 15.9. The molecule has 1 saturated carbocycles. The van der Waals surface area contributed by atoms with Crippen LogP contribution in [0.5, 0.6) is 0 Å². The molecule has 1 aromatic heterocycles. The Kier molecular flexibility index (Phi) is 4.61. The van der Waals surface area contributed by atoms with Gasteiger partial charge in [-0.05, 0) is 31.4 Å². The molecule has 3 N–H and O–H groups in total. The van der Waals surface area contributed by atoms with Gasteiger partial charge in [0, 0.05) is 25.3 Å². The number of nitrogens with one attached hydrogen (secondary N) is 2. The zero-order valence-corrected chi connectivity index (χ0v) is 13.1. The van der Waals surface area contributed by atoms with E-state index in [0.29, 0.717) is 19.5 Å². The molecule has 0 bridgehead atoms. The summed E-state index contributed by atoms with van der Waals surface area (Å²) in [7, 11) is 0. The molecule has 124 valence electrons. The van der Waals surface area contributed by atoms with Crippen LogP contribution in [0.15, 0.2) is 24.4 Å². The van der Waals surface area contributed by atoms with E-state index in [1.54, 1.807) is 6.20 Å². The van der Waals surface area contributed by atoms with Crippen molar-refractivity contribution in [1.82, 2.24) is 15.6 Å². The number of carbonyl (C=O) groups is 2. The molecule has 0 aromatic carbocycles. The van der Waals surface area contributed by atoms with Gasteiger partial charge in [0.25, 0.3) is 0 Å². The summed E-state index contributed by atoms with van der Waals surface area (Å²) in [5.41, 5.74) is 0.269. The SMILES string of the molecule is O=C(O)[C@H]1CNC[C@@H](NC(=O)C2(c3ccccn3)CCCC2)C1. The third-order valence-electron chi connectivity index (χ3n) is 5.08. The van der Waals surface area contributed by atoms with Crippen molar-refractivity contribution < 1.29 is 14.7 Å². The van der Waals surface area contributed by atoms with Gasteiger partial charge in [-0.1, -0.05) is 18.9 Å². The van der Waals surface area contributed by atoms with Gasteiger partial charge in [0.15, 0.2) is 0 Å². The Morgan fingerprint density at radius 2 is 2.04 bits per heavy atom. The molecule has 2 heterocycles. The molecule has 2 aliphatic rings. The molecule has 0 spiro atoms. The molecule has 2 fully saturated rings. The highest BCUT2D eigenvalue weighted by molar-refractivity contribution is 5.88. The van der Waals surface area contributed by atoms with Crippen molar-refractivity contribution in [3.8, 4) is 0 Å². The number of aliphatic carboxylic acids is 1. The van der Waals surface area contributed by atoms with Gasteiger partial charge in [0.05, 0.1) is 17.0 Å². The highest BCUT2D eigenvalue weighted by atomic mass is 16.4. The number of hydrogen-bond donors (Lipinski definition) is 3. The van der Waals surface area contributed by atoms with E-state index in [2.05, 4.69) is 15.6 Å². The molecule has 0 unspecified atom stereocenters. The van der Waals surface area contributed by atoms with Gasteiger partial charge in [-0.15, -0.1) is 0 Å². The average molecular weight is 317 g/mol. The Balaban J connectivity index is 1.74. The van der Waals surface area contributed by atoms with Crippen LogP contribution in [0.3, 0.4) is 0 Å². The van der Waals surface area contributed by atoms with Crippen LogP contribution < -0.4 is 10.6 Å². The van der Waals surface area contributed by atoms with Crippen LogP contribution in [0.4, 0.5) is 0 Å². The minimum atomic E-state index is -0.809. The van der Waals surface area contributed by atoms with E-state index in [1.807, 2.05) is 18.2 Å². The molecule has 6 heteroatoms. The van der Waals surface area contributed by atoms with Crippen LogP contribution in [-0.2, 0) is 15.0 Å². The van der Waals surface area contributed by atoms with Crippen LogP contribution >= 0.6 is 0 Å². The van der Waals surface area contributed by atoms with Crippen molar-refractivity contribution in [2.45, 2.75) is 43.6 Å². The minimum Gasteiger partial charge on any atom is -0.481 e. The van der Waals surface area contributed by atoms with E-state index in [0.717, 1.165) is 31.4 Å². The topological polar surface area (TPSA) is 91.3 Å². The molecule has 1 amide bonds. The lowest BCUT2D eigenvalue weighted by Gasteiger charge is -2.33.